The van der Waals surface area contributed by atoms with E-state index in [-0.39, 0.29) is 0 Å². The maximum absolute atomic E-state index is 6.47. The third-order valence-corrected chi connectivity index (χ3v) is 4.03. The van der Waals surface area contributed by atoms with Gasteiger partial charge in [0, 0.05) is 11.1 Å². The van der Waals surface area contributed by atoms with Crippen LogP contribution >= 0.6 is 11.6 Å². The summed E-state index contributed by atoms with van der Waals surface area (Å²) >= 11 is 6.47. The highest BCUT2D eigenvalue weighted by Crippen LogP contribution is 2.29. The second-order valence-corrected chi connectivity index (χ2v) is 6.19. The molecule has 0 fully saturated rings. The summed E-state index contributed by atoms with van der Waals surface area (Å²) in [5, 5.41) is 4.57. The van der Waals surface area contributed by atoms with Gasteiger partial charge in [-0.1, -0.05) is 63.4 Å². The summed E-state index contributed by atoms with van der Waals surface area (Å²) in [6.45, 7) is 9.91. The summed E-state index contributed by atoms with van der Waals surface area (Å²) < 4.78 is 0. The number of hydrogen-bond acceptors (Lipinski definition) is 1. The van der Waals surface area contributed by atoms with Crippen molar-refractivity contribution in [3.8, 4) is 0 Å². The first-order valence-corrected chi connectivity index (χ1v) is 7.92. The molecule has 1 N–H and O–H groups in total. The number of aryl methyl sites for hydroxylation is 1. The van der Waals surface area contributed by atoms with E-state index in [9.17, 15) is 0 Å². The Balaban J connectivity index is 2.74. The van der Waals surface area contributed by atoms with E-state index in [0.717, 1.165) is 23.9 Å². The molecule has 0 aliphatic rings. The Morgan fingerprint density at radius 3 is 2.58 bits per heavy atom. The quantitative estimate of drug-likeness (QED) is 0.662. The molecule has 0 saturated heterocycles. The Hall–Kier alpha value is -0.530. The minimum atomic E-state index is 0.395. The van der Waals surface area contributed by atoms with Gasteiger partial charge >= 0.3 is 0 Å². The number of rotatable bonds is 8. The summed E-state index contributed by atoms with van der Waals surface area (Å²) in [7, 11) is 0. The fourth-order valence-corrected chi connectivity index (χ4v) is 2.61. The number of benzene rings is 1. The van der Waals surface area contributed by atoms with Gasteiger partial charge < -0.3 is 5.32 Å². The molecule has 0 heterocycles. The van der Waals surface area contributed by atoms with Gasteiger partial charge in [-0.25, -0.2) is 0 Å². The molecule has 0 radical (unpaired) electrons. The Bertz CT molecular complexity index is 374. The van der Waals surface area contributed by atoms with E-state index in [1.54, 1.807) is 0 Å². The maximum Gasteiger partial charge on any atom is 0.0482 e. The molecule has 0 aliphatic carbocycles. The summed E-state index contributed by atoms with van der Waals surface area (Å²) in [6, 6.07) is 6.75. The summed E-state index contributed by atoms with van der Waals surface area (Å²) in [5.74, 6) is 0.778. The van der Waals surface area contributed by atoms with Gasteiger partial charge in [0.15, 0.2) is 0 Å². The van der Waals surface area contributed by atoms with Crippen molar-refractivity contribution >= 4 is 11.6 Å². The highest BCUT2D eigenvalue weighted by Gasteiger charge is 2.14. The first-order valence-electron chi connectivity index (χ1n) is 7.54. The smallest absolute Gasteiger partial charge is 0.0482 e. The van der Waals surface area contributed by atoms with Crippen molar-refractivity contribution in [1.29, 1.82) is 0 Å². The molecule has 0 amide bonds. The largest absolute Gasteiger partial charge is 0.310 e. The fraction of sp³-hybridized carbons (Fsp3) is 0.647. The van der Waals surface area contributed by atoms with Gasteiger partial charge in [0.05, 0.1) is 0 Å². The fourth-order valence-electron chi connectivity index (χ4n) is 2.36. The van der Waals surface area contributed by atoms with Crippen molar-refractivity contribution in [2.45, 2.75) is 59.4 Å². The minimum Gasteiger partial charge on any atom is -0.310 e. The lowest BCUT2D eigenvalue weighted by atomic mass is 9.96. The van der Waals surface area contributed by atoms with Gasteiger partial charge in [0.25, 0.3) is 0 Å². The molecule has 0 aromatic heterocycles. The molecule has 1 nitrogen and oxygen atoms in total. The highest BCUT2D eigenvalue weighted by atomic mass is 35.5. The lowest BCUT2D eigenvalue weighted by Gasteiger charge is -2.21. The molecule has 0 aliphatic heterocycles. The standard InChI is InChI=1S/C17H28ClN/c1-5-12-19-16(11-6-8-13(2)3)15-10-7-9-14(4)17(15)18/h7,9-10,13,16,19H,5-6,8,11-12H2,1-4H3. The van der Waals surface area contributed by atoms with Crippen LogP contribution in [0.3, 0.4) is 0 Å². The third-order valence-electron chi connectivity index (χ3n) is 3.51. The van der Waals surface area contributed by atoms with E-state index < -0.39 is 0 Å². The topological polar surface area (TPSA) is 12.0 Å². The number of halogens is 1. The molecule has 1 aromatic carbocycles. The zero-order valence-corrected chi connectivity index (χ0v) is 13.6. The van der Waals surface area contributed by atoms with E-state index in [2.05, 4.69) is 51.2 Å². The van der Waals surface area contributed by atoms with Crippen LogP contribution in [0.1, 0.15) is 63.6 Å². The molecular weight excluding hydrogens is 254 g/mol. The average Bonchev–Trinajstić information content (AvgIpc) is 2.37. The lowest BCUT2D eigenvalue weighted by Crippen LogP contribution is -2.22. The maximum atomic E-state index is 6.47. The van der Waals surface area contributed by atoms with E-state index in [4.69, 9.17) is 11.6 Å². The first kappa shape index (κ1) is 16.5. The van der Waals surface area contributed by atoms with Crippen molar-refractivity contribution < 1.29 is 0 Å². The van der Waals surface area contributed by atoms with Crippen LogP contribution in [-0.2, 0) is 0 Å². The van der Waals surface area contributed by atoms with Gasteiger partial charge in [-0.05, 0) is 43.4 Å². The Morgan fingerprint density at radius 2 is 1.95 bits per heavy atom. The molecule has 108 valence electrons. The van der Waals surface area contributed by atoms with Crippen LogP contribution in [0.4, 0.5) is 0 Å². The van der Waals surface area contributed by atoms with E-state index in [1.165, 1.54) is 30.4 Å². The summed E-state index contributed by atoms with van der Waals surface area (Å²) in [4.78, 5) is 0. The lowest BCUT2D eigenvalue weighted by molar-refractivity contribution is 0.447. The monoisotopic (exact) mass is 281 g/mol. The van der Waals surface area contributed by atoms with E-state index in [0.29, 0.717) is 6.04 Å². The predicted octanol–water partition coefficient (Wildman–Crippen LogP) is 5.52. The van der Waals surface area contributed by atoms with Crippen LogP contribution in [0, 0.1) is 12.8 Å². The summed E-state index contributed by atoms with van der Waals surface area (Å²) in [6.07, 6.45) is 4.86. The van der Waals surface area contributed by atoms with E-state index >= 15 is 0 Å². The third kappa shape index (κ3) is 5.54. The van der Waals surface area contributed by atoms with Crippen LogP contribution in [-0.4, -0.2) is 6.54 Å². The van der Waals surface area contributed by atoms with Crippen molar-refractivity contribution in [2.75, 3.05) is 6.54 Å². The molecular formula is C17H28ClN. The van der Waals surface area contributed by atoms with Crippen LogP contribution in [0.25, 0.3) is 0 Å². The molecule has 0 saturated carbocycles. The molecule has 1 aromatic rings. The SMILES string of the molecule is CCCNC(CCCC(C)C)c1cccc(C)c1Cl. The van der Waals surface area contributed by atoms with Crippen molar-refractivity contribution in [2.24, 2.45) is 5.92 Å². The summed E-state index contributed by atoms with van der Waals surface area (Å²) in [5.41, 5.74) is 2.44. The molecule has 1 rings (SSSR count). The molecule has 2 heteroatoms. The van der Waals surface area contributed by atoms with Crippen molar-refractivity contribution in [3.63, 3.8) is 0 Å². The van der Waals surface area contributed by atoms with Crippen LogP contribution in [0.2, 0.25) is 5.02 Å². The number of hydrogen-bond donors (Lipinski definition) is 1. The average molecular weight is 282 g/mol. The zero-order valence-electron chi connectivity index (χ0n) is 12.8. The molecule has 0 spiro atoms. The number of nitrogens with one attached hydrogen (secondary N) is 1. The molecule has 0 bridgehead atoms. The van der Waals surface area contributed by atoms with Gasteiger partial charge in [0.2, 0.25) is 0 Å². The van der Waals surface area contributed by atoms with Gasteiger partial charge in [-0.15, -0.1) is 0 Å². The van der Waals surface area contributed by atoms with Crippen LogP contribution in [0.15, 0.2) is 18.2 Å². The Morgan fingerprint density at radius 1 is 1.21 bits per heavy atom. The highest BCUT2D eigenvalue weighted by molar-refractivity contribution is 6.32. The van der Waals surface area contributed by atoms with Gasteiger partial charge in [-0.2, -0.15) is 0 Å². The Kier molecular flexibility index (Phi) is 7.48. The minimum absolute atomic E-state index is 0.395. The van der Waals surface area contributed by atoms with Crippen LogP contribution in [0.5, 0.6) is 0 Å². The van der Waals surface area contributed by atoms with Crippen molar-refractivity contribution in [3.05, 3.63) is 34.3 Å². The zero-order chi connectivity index (χ0) is 14.3. The molecule has 1 atom stereocenters. The Labute approximate surface area is 123 Å². The van der Waals surface area contributed by atoms with E-state index in [1.807, 2.05) is 0 Å². The molecule has 1 unspecified atom stereocenters. The van der Waals surface area contributed by atoms with Crippen LogP contribution < -0.4 is 5.32 Å². The first-order chi connectivity index (χ1) is 9.06. The second kappa shape index (κ2) is 8.60. The normalized spacial score (nSPS) is 12.9. The molecule has 19 heavy (non-hydrogen) atoms. The second-order valence-electron chi connectivity index (χ2n) is 5.81. The van der Waals surface area contributed by atoms with Crippen molar-refractivity contribution in [1.82, 2.24) is 5.32 Å². The predicted molar refractivity (Wildman–Crippen MR) is 85.9 cm³/mol. The van der Waals surface area contributed by atoms with Gasteiger partial charge in [0.1, 0.15) is 0 Å². The van der Waals surface area contributed by atoms with Gasteiger partial charge in [-0.3, -0.25) is 0 Å².